The Morgan fingerprint density at radius 3 is 1.36 bits per heavy atom. The third-order valence-corrected chi connectivity index (χ3v) is 4.14. The van der Waals surface area contributed by atoms with Gasteiger partial charge in [-0.2, -0.15) is 13.5 Å². The summed E-state index contributed by atoms with van der Waals surface area (Å²) in [6, 6.07) is 30.4. The molecular weight excluding hydrogens is 284 g/mol. The molecule has 0 radical (unpaired) electrons. The standard InChI is InChI=1S/C21H16.H2S/c1-3-13-20-16(7-1)9-5-11-18(20)15-19-12-6-10-17-8-2-4-14-21(17)19;/h1-14H,15H2;1H2. The summed E-state index contributed by atoms with van der Waals surface area (Å²) in [5.74, 6) is 0. The molecule has 0 amide bonds. The second kappa shape index (κ2) is 6.25. The van der Waals surface area contributed by atoms with Crippen LogP contribution in [0, 0.1) is 0 Å². The number of fused-ring (bicyclic) bond motifs is 2. The van der Waals surface area contributed by atoms with Gasteiger partial charge in [-0.3, -0.25) is 0 Å². The topological polar surface area (TPSA) is 0 Å². The van der Waals surface area contributed by atoms with Crippen molar-refractivity contribution in [1.29, 1.82) is 0 Å². The van der Waals surface area contributed by atoms with Crippen LogP contribution in [0.15, 0.2) is 84.9 Å². The van der Waals surface area contributed by atoms with Crippen LogP contribution in [-0.2, 0) is 6.42 Å². The third-order valence-electron chi connectivity index (χ3n) is 4.14. The largest absolute Gasteiger partial charge is 0.197 e. The van der Waals surface area contributed by atoms with Crippen molar-refractivity contribution in [3.63, 3.8) is 0 Å². The molecule has 4 rings (SSSR count). The highest BCUT2D eigenvalue weighted by Gasteiger charge is 2.04. The molecule has 0 aliphatic heterocycles. The molecule has 0 saturated carbocycles. The predicted molar refractivity (Wildman–Crippen MR) is 101 cm³/mol. The zero-order chi connectivity index (χ0) is 14.1. The van der Waals surface area contributed by atoms with Crippen LogP contribution >= 0.6 is 13.5 Å². The highest BCUT2D eigenvalue weighted by molar-refractivity contribution is 7.59. The molecule has 0 bridgehead atoms. The van der Waals surface area contributed by atoms with Gasteiger partial charge in [-0.25, -0.2) is 0 Å². The summed E-state index contributed by atoms with van der Waals surface area (Å²) in [5, 5.41) is 5.34. The summed E-state index contributed by atoms with van der Waals surface area (Å²) in [6.45, 7) is 0. The van der Waals surface area contributed by atoms with E-state index in [-0.39, 0.29) is 13.5 Å². The van der Waals surface area contributed by atoms with E-state index in [0.29, 0.717) is 0 Å². The van der Waals surface area contributed by atoms with Crippen LogP contribution in [0.5, 0.6) is 0 Å². The summed E-state index contributed by atoms with van der Waals surface area (Å²) in [6.07, 6.45) is 0.975. The average Bonchev–Trinajstić information content (AvgIpc) is 2.56. The van der Waals surface area contributed by atoms with E-state index in [1.165, 1.54) is 32.7 Å². The fourth-order valence-electron chi connectivity index (χ4n) is 3.10. The summed E-state index contributed by atoms with van der Waals surface area (Å²) >= 11 is 0. The molecule has 0 spiro atoms. The zero-order valence-electron chi connectivity index (χ0n) is 12.3. The maximum absolute atomic E-state index is 2.24. The fourth-order valence-corrected chi connectivity index (χ4v) is 3.10. The highest BCUT2D eigenvalue weighted by atomic mass is 32.1. The maximum Gasteiger partial charge on any atom is -0.00135 e. The molecule has 0 atom stereocenters. The molecule has 0 aromatic heterocycles. The minimum Gasteiger partial charge on any atom is -0.197 e. The first-order chi connectivity index (χ1) is 10.4. The lowest BCUT2D eigenvalue weighted by molar-refractivity contribution is 1.24. The Labute approximate surface area is 137 Å². The second-order valence-electron chi connectivity index (χ2n) is 5.45. The van der Waals surface area contributed by atoms with E-state index in [9.17, 15) is 0 Å². The maximum atomic E-state index is 2.24. The molecule has 0 heterocycles. The first-order valence-corrected chi connectivity index (χ1v) is 7.35. The molecule has 0 nitrogen and oxygen atoms in total. The highest BCUT2D eigenvalue weighted by Crippen LogP contribution is 2.25. The lowest BCUT2D eigenvalue weighted by Crippen LogP contribution is -1.91. The molecule has 0 aliphatic rings. The van der Waals surface area contributed by atoms with Crippen molar-refractivity contribution in [3.05, 3.63) is 96.1 Å². The molecular formula is C21H18S. The van der Waals surface area contributed by atoms with Crippen molar-refractivity contribution in [2.75, 3.05) is 0 Å². The van der Waals surface area contributed by atoms with Crippen LogP contribution in [0.4, 0.5) is 0 Å². The van der Waals surface area contributed by atoms with Crippen molar-refractivity contribution in [2.24, 2.45) is 0 Å². The van der Waals surface area contributed by atoms with Crippen molar-refractivity contribution < 1.29 is 0 Å². The third kappa shape index (κ3) is 2.60. The normalized spacial score (nSPS) is 10.5. The lowest BCUT2D eigenvalue weighted by atomic mass is 9.95. The minimum atomic E-state index is 0. The molecule has 0 N–H and O–H groups in total. The molecule has 22 heavy (non-hydrogen) atoms. The van der Waals surface area contributed by atoms with Gasteiger partial charge in [0.1, 0.15) is 0 Å². The van der Waals surface area contributed by atoms with Gasteiger partial charge in [0.25, 0.3) is 0 Å². The Balaban J connectivity index is 0.00000144. The number of hydrogen-bond acceptors (Lipinski definition) is 0. The summed E-state index contributed by atoms with van der Waals surface area (Å²) in [7, 11) is 0. The van der Waals surface area contributed by atoms with Crippen LogP contribution in [0.3, 0.4) is 0 Å². The first-order valence-electron chi connectivity index (χ1n) is 7.35. The Morgan fingerprint density at radius 1 is 0.455 bits per heavy atom. The van der Waals surface area contributed by atoms with Crippen LogP contribution in [0.2, 0.25) is 0 Å². The van der Waals surface area contributed by atoms with Gasteiger partial charge in [0, 0.05) is 0 Å². The molecule has 1 heteroatoms. The zero-order valence-corrected chi connectivity index (χ0v) is 13.3. The van der Waals surface area contributed by atoms with Crippen molar-refractivity contribution in [2.45, 2.75) is 6.42 Å². The van der Waals surface area contributed by atoms with Gasteiger partial charge in [0.15, 0.2) is 0 Å². The van der Waals surface area contributed by atoms with Gasteiger partial charge in [0.2, 0.25) is 0 Å². The molecule has 0 fully saturated rings. The first kappa shape index (κ1) is 14.7. The minimum absolute atomic E-state index is 0. The Hall–Kier alpha value is -2.25. The van der Waals surface area contributed by atoms with Crippen LogP contribution < -0.4 is 0 Å². The van der Waals surface area contributed by atoms with Gasteiger partial charge in [-0.15, -0.1) is 0 Å². The molecule has 0 saturated heterocycles. The lowest BCUT2D eigenvalue weighted by Gasteiger charge is -2.09. The van der Waals surface area contributed by atoms with Crippen LogP contribution in [-0.4, -0.2) is 0 Å². The summed E-state index contributed by atoms with van der Waals surface area (Å²) in [5.41, 5.74) is 2.79. The van der Waals surface area contributed by atoms with Crippen LogP contribution in [0.25, 0.3) is 21.5 Å². The van der Waals surface area contributed by atoms with Gasteiger partial charge < -0.3 is 0 Å². The van der Waals surface area contributed by atoms with E-state index in [2.05, 4.69) is 84.9 Å². The van der Waals surface area contributed by atoms with E-state index >= 15 is 0 Å². The Kier molecular flexibility index (Phi) is 4.17. The van der Waals surface area contributed by atoms with Crippen molar-refractivity contribution in [1.82, 2.24) is 0 Å². The smallest absolute Gasteiger partial charge is 0.00135 e. The van der Waals surface area contributed by atoms with Gasteiger partial charge in [-0.05, 0) is 39.1 Å². The van der Waals surface area contributed by atoms with E-state index in [4.69, 9.17) is 0 Å². The van der Waals surface area contributed by atoms with E-state index in [1.54, 1.807) is 0 Å². The summed E-state index contributed by atoms with van der Waals surface area (Å²) in [4.78, 5) is 0. The average molecular weight is 302 g/mol. The molecule has 4 aromatic rings. The predicted octanol–water partition coefficient (Wildman–Crippen LogP) is 5.70. The van der Waals surface area contributed by atoms with Crippen molar-refractivity contribution in [3.8, 4) is 0 Å². The van der Waals surface area contributed by atoms with Crippen molar-refractivity contribution >= 4 is 35.0 Å². The molecule has 4 aromatic carbocycles. The fraction of sp³-hybridized carbons (Fsp3) is 0.0476. The Bertz CT molecular complexity index is 837. The number of hydrogen-bond donors (Lipinski definition) is 0. The SMILES string of the molecule is S.c1ccc2c(Cc3cccc4ccccc34)cccc2c1. The molecule has 0 unspecified atom stereocenters. The van der Waals surface area contributed by atoms with Crippen LogP contribution in [0.1, 0.15) is 11.1 Å². The van der Waals surface area contributed by atoms with E-state index < -0.39 is 0 Å². The monoisotopic (exact) mass is 302 g/mol. The Morgan fingerprint density at radius 2 is 0.864 bits per heavy atom. The van der Waals surface area contributed by atoms with E-state index in [0.717, 1.165) is 6.42 Å². The van der Waals surface area contributed by atoms with E-state index in [1.807, 2.05) is 0 Å². The van der Waals surface area contributed by atoms with Gasteiger partial charge >= 0.3 is 0 Å². The van der Waals surface area contributed by atoms with Gasteiger partial charge in [-0.1, -0.05) is 84.9 Å². The van der Waals surface area contributed by atoms with Gasteiger partial charge in [0.05, 0.1) is 0 Å². The second-order valence-corrected chi connectivity index (χ2v) is 5.45. The molecule has 0 aliphatic carbocycles. The summed E-state index contributed by atoms with van der Waals surface area (Å²) < 4.78 is 0. The number of benzene rings is 4. The number of rotatable bonds is 2. The molecule has 108 valence electrons. The quantitative estimate of drug-likeness (QED) is 0.446.